The maximum absolute atomic E-state index is 14.3. The predicted molar refractivity (Wildman–Crippen MR) is 98.5 cm³/mol. The second-order valence-electron chi connectivity index (χ2n) is 6.42. The van der Waals surface area contributed by atoms with Crippen LogP contribution < -0.4 is 10.1 Å². The van der Waals surface area contributed by atoms with Crippen LogP contribution in [0.4, 0.5) is 14.5 Å². The molecule has 0 atom stereocenters. The number of ether oxygens (including phenoxy) is 1. The van der Waals surface area contributed by atoms with E-state index in [1.165, 1.54) is 30.3 Å². The summed E-state index contributed by atoms with van der Waals surface area (Å²) < 4.78 is 33.5. The van der Waals surface area contributed by atoms with Crippen molar-refractivity contribution in [3.05, 3.63) is 53.2 Å². The van der Waals surface area contributed by atoms with Gasteiger partial charge in [0.25, 0.3) is 11.8 Å². The average molecular weight is 390 g/mol. The van der Waals surface area contributed by atoms with Crippen molar-refractivity contribution in [2.45, 2.75) is 0 Å². The van der Waals surface area contributed by atoms with Crippen LogP contribution in [0.3, 0.4) is 0 Å². The lowest BCUT2D eigenvalue weighted by Crippen LogP contribution is -2.47. The standard InChI is InChI=1S/C19H20F2N4O3/c1-24-6-8-25(9-7-24)19(27)13-10-16(15(21)11-14(13)20)23-17(26)12-4-3-5-22-18(12)28-2/h3-5,10-11H,6-9H2,1-2H3,(H,23,26). The van der Waals surface area contributed by atoms with Crippen molar-refractivity contribution in [3.63, 3.8) is 0 Å². The van der Waals surface area contributed by atoms with Gasteiger partial charge in [0.2, 0.25) is 5.88 Å². The Morgan fingerprint density at radius 2 is 1.82 bits per heavy atom. The minimum Gasteiger partial charge on any atom is -0.480 e. The maximum atomic E-state index is 14.3. The molecular weight excluding hydrogens is 370 g/mol. The molecule has 28 heavy (non-hydrogen) atoms. The Kier molecular flexibility index (Phi) is 5.84. The van der Waals surface area contributed by atoms with Gasteiger partial charge in [-0.2, -0.15) is 0 Å². The van der Waals surface area contributed by atoms with Crippen molar-refractivity contribution in [1.29, 1.82) is 0 Å². The van der Waals surface area contributed by atoms with Gasteiger partial charge in [-0.25, -0.2) is 13.8 Å². The van der Waals surface area contributed by atoms with Crippen LogP contribution in [0, 0.1) is 11.6 Å². The van der Waals surface area contributed by atoms with E-state index in [0.29, 0.717) is 32.2 Å². The van der Waals surface area contributed by atoms with Gasteiger partial charge in [0.05, 0.1) is 18.4 Å². The lowest BCUT2D eigenvalue weighted by molar-refractivity contribution is 0.0659. The minimum absolute atomic E-state index is 0.0660. The number of likely N-dealkylation sites (N-methyl/N-ethyl adjacent to an activating group) is 1. The number of carbonyl (C=O) groups excluding carboxylic acids is 2. The van der Waals surface area contributed by atoms with Crippen molar-refractivity contribution < 1.29 is 23.1 Å². The molecule has 0 saturated carbocycles. The molecule has 9 heteroatoms. The topological polar surface area (TPSA) is 74.8 Å². The summed E-state index contributed by atoms with van der Waals surface area (Å²) in [5.74, 6) is -3.12. The second-order valence-corrected chi connectivity index (χ2v) is 6.42. The quantitative estimate of drug-likeness (QED) is 0.865. The minimum atomic E-state index is -0.983. The zero-order valence-corrected chi connectivity index (χ0v) is 15.5. The Hall–Kier alpha value is -3.07. The summed E-state index contributed by atoms with van der Waals surface area (Å²) in [6.45, 7) is 2.22. The van der Waals surface area contributed by atoms with Gasteiger partial charge in [0.1, 0.15) is 17.2 Å². The summed E-state index contributed by atoms with van der Waals surface area (Å²) in [5.41, 5.74) is -0.505. The SMILES string of the molecule is COc1ncccc1C(=O)Nc1cc(C(=O)N2CCN(C)CC2)c(F)cc1F. The van der Waals surface area contributed by atoms with Crippen LogP contribution in [0.15, 0.2) is 30.5 Å². The van der Waals surface area contributed by atoms with E-state index in [4.69, 9.17) is 4.74 Å². The number of amides is 2. The first kappa shape index (κ1) is 19.7. The molecule has 148 valence electrons. The van der Waals surface area contributed by atoms with Gasteiger partial charge in [-0.3, -0.25) is 9.59 Å². The van der Waals surface area contributed by atoms with Crippen molar-refractivity contribution >= 4 is 17.5 Å². The Morgan fingerprint density at radius 3 is 2.50 bits per heavy atom. The summed E-state index contributed by atoms with van der Waals surface area (Å²) in [4.78, 5) is 32.6. The second kappa shape index (κ2) is 8.30. The first-order valence-corrected chi connectivity index (χ1v) is 8.68. The van der Waals surface area contributed by atoms with E-state index >= 15 is 0 Å². The molecule has 1 fully saturated rings. The van der Waals surface area contributed by atoms with Crippen LogP contribution in [0.1, 0.15) is 20.7 Å². The third-order valence-electron chi connectivity index (χ3n) is 4.53. The number of hydrogen-bond donors (Lipinski definition) is 1. The molecule has 2 amide bonds. The highest BCUT2D eigenvalue weighted by Gasteiger charge is 2.25. The molecule has 1 aliphatic heterocycles. The van der Waals surface area contributed by atoms with E-state index in [1.807, 2.05) is 7.05 Å². The zero-order chi connectivity index (χ0) is 20.3. The van der Waals surface area contributed by atoms with Crippen LogP contribution in [-0.2, 0) is 0 Å². The van der Waals surface area contributed by atoms with E-state index in [1.54, 1.807) is 0 Å². The monoisotopic (exact) mass is 390 g/mol. The molecule has 2 heterocycles. The van der Waals surface area contributed by atoms with Crippen LogP contribution in [0.25, 0.3) is 0 Å². The first-order chi connectivity index (χ1) is 13.4. The fourth-order valence-electron chi connectivity index (χ4n) is 2.90. The smallest absolute Gasteiger partial charge is 0.261 e. The maximum Gasteiger partial charge on any atom is 0.261 e. The number of pyridine rings is 1. The predicted octanol–water partition coefficient (Wildman–Crippen LogP) is 2.01. The van der Waals surface area contributed by atoms with E-state index in [2.05, 4.69) is 15.2 Å². The highest BCUT2D eigenvalue weighted by molar-refractivity contribution is 6.06. The Bertz CT molecular complexity index is 899. The number of aromatic nitrogens is 1. The van der Waals surface area contributed by atoms with Crippen molar-refractivity contribution in [3.8, 4) is 5.88 Å². The van der Waals surface area contributed by atoms with Gasteiger partial charge in [0, 0.05) is 38.4 Å². The van der Waals surface area contributed by atoms with E-state index in [-0.39, 0.29) is 22.7 Å². The number of hydrogen-bond acceptors (Lipinski definition) is 5. The molecule has 1 saturated heterocycles. The molecule has 1 N–H and O–H groups in total. The first-order valence-electron chi connectivity index (χ1n) is 8.68. The van der Waals surface area contributed by atoms with Gasteiger partial charge in [0.15, 0.2) is 0 Å². The lowest BCUT2D eigenvalue weighted by Gasteiger charge is -2.32. The number of anilines is 1. The molecule has 3 rings (SSSR count). The summed E-state index contributed by atoms with van der Waals surface area (Å²) in [6, 6.07) is 4.60. The van der Waals surface area contributed by atoms with Crippen LogP contribution in [0.2, 0.25) is 0 Å². The molecule has 7 nitrogen and oxygen atoms in total. The van der Waals surface area contributed by atoms with E-state index < -0.39 is 23.4 Å². The number of halogens is 2. The number of piperazine rings is 1. The molecule has 1 aliphatic rings. The summed E-state index contributed by atoms with van der Waals surface area (Å²) in [5, 5.41) is 2.35. The molecule has 0 aliphatic carbocycles. The number of nitrogens with one attached hydrogen (secondary N) is 1. The number of rotatable bonds is 4. The van der Waals surface area contributed by atoms with Crippen LogP contribution in [0.5, 0.6) is 5.88 Å². The van der Waals surface area contributed by atoms with Crippen LogP contribution in [-0.4, -0.2) is 66.9 Å². The van der Waals surface area contributed by atoms with Crippen molar-refractivity contribution in [1.82, 2.24) is 14.8 Å². The summed E-state index contributed by atoms with van der Waals surface area (Å²) in [6.07, 6.45) is 1.45. The molecule has 0 radical (unpaired) electrons. The average Bonchev–Trinajstić information content (AvgIpc) is 2.70. The summed E-state index contributed by atoms with van der Waals surface area (Å²) >= 11 is 0. The van der Waals surface area contributed by atoms with Gasteiger partial charge >= 0.3 is 0 Å². The summed E-state index contributed by atoms with van der Waals surface area (Å²) in [7, 11) is 3.28. The Balaban J connectivity index is 1.85. The lowest BCUT2D eigenvalue weighted by atomic mass is 10.1. The Labute approximate surface area is 160 Å². The van der Waals surface area contributed by atoms with Crippen LogP contribution >= 0.6 is 0 Å². The number of benzene rings is 1. The number of carbonyl (C=O) groups is 2. The molecule has 0 bridgehead atoms. The van der Waals surface area contributed by atoms with Gasteiger partial charge in [-0.05, 0) is 25.2 Å². The van der Waals surface area contributed by atoms with Gasteiger partial charge < -0.3 is 19.9 Å². The zero-order valence-electron chi connectivity index (χ0n) is 15.5. The molecule has 2 aromatic rings. The third-order valence-corrected chi connectivity index (χ3v) is 4.53. The number of nitrogens with zero attached hydrogens (tertiary/aromatic N) is 3. The molecule has 1 aromatic heterocycles. The molecule has 0 spiro atoms. The third kappa shape index (κ3) is 4.09. The molecule has 0 unspecified atom stereocenters. The van der Waals surface area contributed by atoms with E-state index in [9.17, 15) is 18.4 Å². The van der Waals surface area contributed by atoms with Gasteiger partial charge in [-0.1, -0.05) is 0 Å². The van der Waals surface area contributed by atoms with Gasteiger partial charge in [-0.15, -0.1) is 0 Å². The largest absolute Gasteiger partial charge is 0.480 e. The Morgan fingerprint density at radius 1 is 1.11 bits per heavy atom. The highest BCUT2D eigenvalue weighted by Crippen LogP contribution is 2.23. The van der Waals surface area contributed by atoms with Crippen molar-refractivity contribution in [2.75, 3.05) is 45.7 Å². The fourth-order valence-corrected chi connectivity index (χ4v) is 2.90. The fraction of sp³-hybridized carbons (Fsp3) is 0.316. The molecule has 1 aromatic carbocycles. The normalized spacial score (nSPS) is 14.6. The van der Waals surface area contributed by atoms with E-state index in [0.717, 1.165) is 6.07 Å². The number of methoxy groups -OCH3 is 1. The molecular formula is C19H20F2N4O3. The van der Waals surface area contributed by atoms with Crippen molar-refractivity contribution in [2.24, 2.45) is 0 Å². The highest BCUT2D eigenvalue weighted by atomic mass is 19.1.